The van der Waals surface area contributed by atoms with Crippen molar-refractivity contribution in [3.63, 3.8) is 0 Å². The Morgan fingerprint density at radius 3 is 2.21 bits per heavy atom. The fourth-order valence-electron chi connectivity index (χ4n) is 0.882. The van der Waals surface area contributed by atoms with Crippen molar-refractivity contribution < 1.29 is 21.1 Å². The molecule has 14 heavy (non-hydrogen) atoms. The van der Waals surface area contributed by atoms with Gasteiger partial charge in [0.25, 0.3) is 0 Å². The molecule has 0 fully saturated rings. The molecular formula is C11H15BrOZn. The van der Waals surface area contributed by atoms with Crippen LogP contribution in [-0.2, 0) is 16.3 Å². The van der Waals surface area contributed by atoms with Gasteiger partial charge in [0.15, 0.2) is 0 Å². The normalized spacial score (nSPS) is 10.2. The Bertz CT molecular complexity index is 251. The van der Waals surface area contributed by atoms with Crippen LogP contribution >= 0.6 is 13.6 Å². The number of ether oxygens (including phenoxy) is 1. The molecule has 0 unspecified atom stereocenters. The number of benzene rings is 1. The van der Waals surface area contributed by atoms with E-state index in [1.165, 1.54) is 21.9 Å². The molecule has 0 spiro atoms. The Kier molecular flexibility index (Phi) is 6.64. The van der Waals surface area contributed by atoms with E-state index in [-0.39, 0.29) is 5.60 Å². The topological polar surface area (TPSA) is 9.23 Å². The predicted molar refractivity (Wildman–Crippen MR) is 59.3 cm³/mol. The van der Waals surface area contributed by atoms with Crippen LogP contribution in [-0.4, -0.2) is 5.60 Å². The molecule has 0 aromatic heterocycles. The Labute approximate surface area is 103 Å². The van der Waals surface area contributed by atoms with Gasteiger partial charge in [0.05, 0.1) is 5.60 Å². The molecule has 0 saturated carbocycles. The van der Waals surface area contributed by atoms with Gasteiger partial charge in [-0.1, -0.05) is 6.92 Å². The van der Waals surface area contributed by atoms with Crippen molar-refractivity contribution in [2.75, 3.05) is 0 Å². The molecule has 0 radical (unpaired) electrons. The summed E-state index contributed by atoms with van der Waals surface area (Å²) in [5, 5.41) is 0. The van der Waals surface area contributed by atoms with Crippen LogP contribution in [0, 0.1) is 13.0 Å². The van der Waals surface area contributed by atoms with Crippen LogP contribution < -0.4 is 4.74 Å². The number of aryl methyl sites for hydroxylation is 1. The van der Waals surface area contributed by atoms with E-state index in [0.29, 0.717) is 0 Å². The van der Waals surface area contributed by atoms with Crippen LogP contribution in [0.4, 0.5) is 0 Å². The summed E-state index contributed by atoms with van der Waals surface area (Å²) in [6.45, 7) is 8.12. The van der Waals surface area contributed by atoms with Gasteiger partial charge in [-0.25, -0.2) is 0 Å². The summed E-state index contributed by atoms with van der Waals surface area (Å²) in [6, 6.07) is 8.97. The number of rotatable bonds is 1. The zero-order valence-corrected chi connectivity index (χ0v) is 13.8. The van der Waals surface area contributed by atoms with E-state index in [1.807, 2.05) is 45.9 Å². The van der Waals surface area contributed by atoms with Gasteiger partial charge < -0.3 is 4.74 Å². The number of hydrogen-bond acceptors (Lipinski definition) is 1. The van der Waals surface area contributed by atoms with E-state index in [4.69, 9.17) is 4.74 Å². The van der Waals surface area contributed by atoms with Gasteiger partial charge in [0.1, 0.15) is 0 Å². The van der Waals surface area contributed by atoms with Crippen molar-refractivity contribution >= 4 is 13.6 Å². The van der Waals surface area contributed by atoms with E-state index >= 15 is 0 Å². The summed E-state index contributed by atoms with van der Waals surface area (Å²) in [5.41, 5.74) is 1.07. The Morgan fingerprint density at radius 2 is 1.86 bits per heavy atom. The zero-order chi connectivity index (χ0) is 11.2. The average molecular weight is 309 g/mol. The van der Waals surface area contributed by atoms with Gasteiger partial charge in [-0.05, 0) is 20.8 Å². The van der Waals surface area contributed by atoms with Gasteiger partial charge in [0.2, 0.25) is 0 Å². The fourth-order valence-corrected chi connectivity index (χ4v) is 0.882. The molecule has 0 saturated heterocycles. The standard InChI is InChI=1S/C11H15O.BrH.Zn/c1-9-5-7-10(8-6-9)12-11(2,3)4;;/h5-7H,1-4H3;1H;/q-1;;+2/p-1. The van der Waals surface area contributed by atoms with Crippen molar-refractivity contribution in [2.45, 2.75) is 33.3 Å². The molecule has 0 N–H and O–H groups in total. The predicted octanol–water partition coefficient (Wildman–Crippen LogP) is 3.82. The van der Waals surface area contributed by atoms with Gasteiger partial charge in [-0.2, -0.15) is 17.7 Å². The summed E-state index contributed by atoms with van der Waals surface area (Å²) < 4.78 is 5.60. The maximum atomic E-state index is 5.60. The first-order valence-electron chi connectivity index (χ1n) is 4.41. The molecule has 0 amide bonds. The van der Waals surface area contributed by atoms with Gasteiger partial charge in [-0.15, -0.1) is 12.1 Å². The summed E-state index contributed by atoms with van der Waals surface area (Å²) >= 11 is 4.25. The second-order valence-corrected chi connectivity index (χ2v) is 3.94. The molecule has 1 aromatic rings. The monoisotopic (exact) mass is 306 g/mol. The third kappa shape index (κ3) is 6.56. The molecular weight excluding hydrogens is 293 g/mol. The second-order valence-electron chi connectivity index (χ2n) is 3.94. The van der Waals surface area contributed by atoms with Crippen LogP contribution in [0.3, 0.4) is 0 Å². The molecule has 0 aliphatic carbocycles. The van der Waals surface area contributed by atoms with E-state index in [9.17, 15) is 0 Å². The van der Waals surface area contributed by atoms with Crippen molar-refractivity contribution in [3.05, 3.63) is 29.8 Å². The van der Waals surface area contributed by atoms with Crippen LogP contribution in [0.2, 0.25) is 0 Å². The molecule has 3 heteroatoms. The van der Waals surface area contributed by atoms with Gasteiger partial charge in [-0.3, -0.25) is 0 Å². The fraction of sp³-hybridized carbons (Fsp3) is 0.455. The van der Waals surface area contributed by atoms with Crippen LogP contribution in [0.15, 0.2) is 18.2 Å². The molecule has 74 valence electrons. The molecule has 1 aromatic carbocycles. The van der Waals surface area contributed by atoms with E-state index < -0.39 is 0 Å². The van der Waals surface area contributed by atoms with E-state index in [0.717, 1.165) is 5.75 Å². The summed E-state index contributed by atoms with van der Waals surface area (Å²) in [7, 11) is 0. The average Bonchev–Trinajstić information content (AvgIpc) is 2.10. The van der Waals surface area contributed by atoms with Crippen molar-refractivity contribution in [1.82, 2.24) is 0 Å². The van der Waals surface area contributed by atoms with E-state index in [2.05, 4.69) is 19.7 Å². The Morgan fingerprint density at radius 1 is 1.29 bits per heavy atom. The van der Waals surface area contributed by atoms with Crippen molar-refractivity contribution in [1.29, 1.82) is 0 Å². The first-order chi connectivity index (χ1) is 6.47. The third-order valence-electron chi connectivity index (χ3n) is 1.36. The van der Waals surface area contributed by atoms with Crippen molar-refractivity contribution in [3.8, 4) is 5.75 Å². The van der Waals surface area contributed by atoms with Crippen molar-refractivity contribution in [2.24, 2.45) is 0 Å². The first-order valence-corrected chi connectivity index (χ1v) is 11.4. The molecule has 0 bridgehead atoms. The third-order valence-corrected chi connectivity index (χ3v) is 1.36. The molecule has 1 rings (SSSR count). The molecule has 0 heterocycles. The van der Waals surface area contributed by atoms with Gasteiger partial charge in [0, 0.05) is 5.75 Å². The molecule has 0 aliphatic rings. The zero-order valence-electron chi connectivity index (χ0n) is 9.23. The minimum atomic E-state index is -0.133. The number of hydrogen-bond donors (Lipinski definition) is 0. The molecule has 0 atom stereocenters. The number of halogens is 1. The Balaban J connectivity index is 0.000000791. The maximum absolute atomic E-state index is 5.60. The molecule has 1 nitrogen and oxygen atoms in total. The second kappa shape index (κ2) is 6.58. The summed E-state index contributed by atoms with van der Waals surface area (Å²) in [4.78, 5) is 0. The van der Waals surface area contributed by atoms with Gasteiger partial charge >= 0.3 is 30.0 Å². The van der Waals surface area contributed by atoms with E-state index in [1.54, 1.807) is 0 Å². The SMILES string of the molecule is Cc1c[c-]c(OC(C)(C)C)cc1.[Zn+][Br]. The first kappa shape index (κ1) is 14.1. The summed E-state index contributed by atoms with van der Waals surface area (Å²) in [6.07, 6.45) is 0. The van der Waals surface area contributed by atoms with Crippen LogP contribution in [0.25, 0.3) is 0 Å². The van der Waals surface area contributed by atoms with Crippen LogP contribution in [0.1, 0.15) is 26.3 Å². The minimum absolute atomic E-state index is 0.133. The summed E-state index contributed by atoms with van der Waals surface area (Å²) in [5.74, 6) is 0.813. The van der Waals surface area contributed by atoms with Crippen LogP contribution in [0.5, 0.6) is 5.75 Å². The molecule has 0 aliphatic heterocycles. The Hall–Kier alpha value is 0.123. The quantitative estimate of drug-likeness (QED) is 0.566.